The number of aliphatic hydroxyl groups is 1. The lowest BCUT2D eigenvalue weighted by atomic mass is 10.1. The average molecular weight is 293 g/mol. The Morgan fingerprint density at radius 1 is 1.52 bits per heavy atom. The second-order valence-corrected chi connectivity index (χ2v) is 5.32. The van der Waals surface area contributed by atoms with Gasteiger partial charge in [0.05, 0.1) is 12.1 Å². The average Bonchev–Trinajstić information content (AvgIpc) is 3.14. The summed E-state index contributed by atoms with van der Waals surface area (Å²) in [4.78, 5) is 11.9. The van der Waals surface area contributed by atoms with Gasteiger partial charge in [-0.1, -0.05) is 0 Å². The summed E-state index contributed by atoms with van der Waals surface area (Å²) in [6.45, 7) is 0.700. The summed E-state index contributed by atoms with van der Waals surface area (Å²) >= 11 is 0. The predicted molar refractivity (Wildman–Crippen MR) is 70.9 cm³/mol. The molecule has 112 valence electrons. The Kier molecular flexibility index (Phi) is 3.74. The Labute approximate surface area is 120 Å². The minimum absolute atomic E-state index is 0.0878. The molecule has 0 radical (unpaired) electrons. The summed E-state index contributed by atoms with van der Waals surface area (Å²) in [6, 6.07) is 3.04. The van der Waals surface area contributed by atoms with Crippen molar-refractivity contribution in [3.63, 3.8) is 0 Å². The van der Waals surface area contributed by atoms with Crippen molar-refractivity contribution in [3.05, 3.63) is 42.4 Å². The molecule has 3 rings (SSSR count). The van der Waals surface area contributed by atoms with Crippen molar-refractivity contribution in [1.82, 2.24) is 15.1 Å². The minimum atomic E-state index is -0.802. The first-order valence-corrected chi connectivity index (χ1v) is 6.83. The van der Waals surface area contributed by atoms with Crippen molar-refractivity contribution in [2.45, 2.75) is 31.5 Å². The molecule has 0 aliphatic heterocycles. The molecule has 1 unspecified atom stereocenters. The van der Waals surface area contributed by atoms with Gasteiger partial charge in [-0.2, -0.15) is 9.49 Å². The molecule has 1 fully saturated rings. The Balaban J connectivity index is 1.57. The van der Waals surface area contributed by atoms with Crippen LogP contribution in [0.25, 0.3) is 0 Å². The van der Waals surface area contributed by atoms with Gasteiger partial charge in [0.15, 0.2) is 5.76 Å². The zero-order valence-electron chi connectivity index (χ0n) is 11.3. The van der Waals surface area contributed by atoms with Crippen molar-refractivity contribution in [2.75, 3.05) is 0 Å². The molecule has 21 heavy (non-hydrogen) atoms. The molecule has 6 nitrogen and oxygen atoms in total. The molecule has 2 aromatic heterocycles. The monoisotopic (exact) mass is 293 g/mol. The van der Waals surface area contributed by atoms with Crippen molar-refractivity contribution in [1.29, 1.82) is 0 Å². The third kappa shape index (κ3) is 3.13. The van der Waals surface area contributed by atoms with Gasteiger partial charge in [-0.15, -0.1) is 0 Å². The Bertz CT molecular complexity index is 611. The largest absolute Gasteiger partial charge is 0.426 e. The van der Waals surface area contributed by atoms with Crippen LogP contribution in [0.4, 0.5) is 4.39 Å². The zero-order chi connectivity index (χ0) is 14.8. The topological polar surface area (TPSA) is 80.3 Å². The lowest BCUT2D eigenvalue weighted by molar-refractivity contribution is 0.0838. The number of hydrogen-bond acceptors (Lipinski definition) is 4. The standard InChI is InChI=1S/C14H16FN3O3/c15-13-3-2-12(21-13)14(20)17-10-6-9(7-11(10)19)8-18-5-1-4-16-18/h1-5,9-11,19H,6-8H2,(H,17,20)/t9?,10-,11-/m1/s1. The number of furan rings is 1. The molecule has 0 aromatic carbocycles. The fourth-order valence-electron chi connectivity index (χ4n) is 2.77. The van der Waals surface area contributed by atoms with E-state index in [0.29, 0.717) is 19.4 Å². The first-order valence-electron chi connectivity index (χ1n) is 6.83. The summed E-state index contributed by atoms with van der Waals surface area (Å²) in [5.41, 5.74) is 0. The minimum Gasteiger partial charge on any atom is -0.426 e. The van der Waals surface area contributed by atoms with Gasteiger partial charge >= 0.3 is 0 Å². The third-order valence-electron chi connectivity index (χ3n) is 3.74. The number of nitrogens with one attached hydrogen (secondary N) is 1. The lowest BCUT2D eigenvalue weighted by Crippen LogP contribution is -2.39. The molecular weight excluding hydrogens is 277 g/mol. The van der Waals surface area contributed by atoms with Gasteiger partial charge in [-0.3, -0.25) is 9.48 Å². The van der Waals surface area contributed by atoms with Crippen molar-refractivity contribution in [2.24, 2.45) is 5.92 Å². The highest BCUT2D eigenvalue weighted by Gasteiger charge is 2.34. The zero-order valence-corrected chi connectivity index (χ0v) is 11.3. The number of rotatable bonds is 4. The van der Waals surface area contributed by atoms with Gasteiger partial charge in [0.2, 0.25) is 0 Å². The third-order valence-corrected chi connectivity index (χ3v) is 3.74. The smallest absolute Gasteiger partial charge is 0.287 e. The molecule has 0 spiro atoms. The van der Waals surface area contributed by atoms with Crippen LogP contribution in [0, 0.1) is 11.9 Å². The van der Waals surface area contributed by atoms with E-state index < -0.39 is 18.0 Å². The number of carbonyl (C=O) groups is 1. The maximum atomic E-state index is 12.7. The molecule has 2 N–H and O–H groups in total. The molecule has 2 aromatic rings. The second-order valence-electron chi connectivity index (χ2n) is 5.32. The van der Waals surface area contributed by atoms with Crippen molar-refractivity contribution < 1.29 is 18.7 Å². The fourth-order valence-corrected chi connectivity index (χ4v) is 2.77. The molecule has 1 aliphatic carbocycles. The van der Waals surface area contributed by atoms with E-state index in [-0.39, 0.29) is 17.7 Å². The number of halogens is 1. The van der Waals surface area contributed by atoms with E-state index in [1.165, 1.54) is 6.07 Å². The number of nitrogens with zero attached hydrogens (tertiary/aromatic N) is 2. The van der Waals surface area contributed by atoms with Crippen LogP contribution >= 0.6 is 0 Å². The van der Waals surface area contributed by atoms with E-state index in [0.717, 1.165) is 6.07 Å². The van der Waals surface area contributed by atoms with Crippen LogP contribution in [0.2, 0.25) is 0 Å². The number of amides is 1. The molecule has 3 atom stereocenters. The molecule has 1 amide bonds. The highest BCUT2D eigenvalue weighted by molar-refractivity contribution is 5.91. The highest BCUT2D eigenvalue weighted by atomic mass is 19.1. The number of hydrogen-bond donors (Lipinski definition) is 2. The number of aliphatic hydroxyl groups excluding tert-OH is 1. The molecule has 1 saturated carbocycles. The van der Waals surface area contributed by atoms with Crippen LogP contribution in [0.15, 0.2) is 35.0 Å². The van der Waals surface area contributed by atoms with E-state index >= 15 is 0 Å². The van der Waals surface area contributed by atoms with Gasteiger partial charge in [0.25, 0.3) is 11.9 Å². The molecule has 7 heteroatoms. The second kappa shape index (κ2) is 5.69. The van der Waals surface area contributed by atoms with Crippen LogP contribution < -0.4 is 5.32 Å². The molecular formula is C14H16FN3O3. The van der Waals surface area contributed by atoms with Gasteiger partial charge in [0.1, 0.15) is 0 Å². The van der Waals surface area contributed by atoms with E-state index in [1.807, 2.05) is 16.9 Å². The van der Waals surface area contributed by atoms with Crippen LogP contribution in [0.5, 0.6) is 0 Å². The summed E-state index contributed by atoms with van der Waals surface area (Å²) < 4.78 is 19.2. The summed E-state index contributed by atoms with van der Waals surface area (Å²) in [5.74, 6) is -0.364. The summed E-state index contributed by atoms with van der Waals surface area (Å²) in [5, 5.41) is 16.9. The molecule has 1 aliphatic rings. The summed E-state index contributed by atoms with van der Waals surface area (Å²) in [7, 11) is 0. The Morgan fingerprint density at radius 2 is 2.38 bits per heavy atom. The Morgan fingerprint density at radius 3 is 3.05 bits per heavy atom. The van der Waals surface area contributed by atoms with Crippen molar-refractivity contribution >= 4 is 5.91 Å². The maximum Gasteiger partial charge on any atom is 0.287 e. The van der Waals surface area contributed by atoms with E-state index in [9.17, 15) is 14.3 Å². The van der Waals surface area contributed by atoms with Crippen molar-refractivity contribution in [3.8, 4) is 0 Å². The number of aromatic nitrogens is 2. The first kappa shape index (κ1) is 13.8. The number of carbonyl (C=O) groups excluding carboxylic acids is 1. The molecule has 0 bridgehead atoms. The van der Waals surface area contributed by atoms with E-state index in [2.05, 4.69) is 14.8 Å². The predicted octanol–water partition coefficient (Wildman–Crippen LogP) is 1.18. The molecule has 0 saturated heterocycles. The van der Waals surface area contributed by atoms with Gasteiger partial charge < -0.3 is 14.8 Å². The normalized spacial score (nSPS) is 25.1. The van der Waals surface area contributed by atoms with Crippen LogP contribution in [0.3, 0.4) is 0 Å². The van der Waals surface area contributed by atoms with Crippen LogP contribution in [-0.2, 0) is 6.54 Å². The van der Waals surface area contributed by atoms with Gasteiger partial charge in [-0.25, -0.2) is 0 Å². The lowest BCUT2D eigenvalue weighted by Gasteiger charge is -2.15. The highest BCUT2D eigenvalue weighted by Crippen LogP contribution is 2.27. The Hall–Kier alpha value is -2.15. The summed E-state index contributed by atoms with van der Waals surface area (Å²) in [6.07, 6.45) is 4.20. The fraction of sp³-hybridized carbons (Fsp3) is 0.429. The SMILES string of the molecule is O=C(N[C@@H]1CC(Cn2cccn2)C[C@H]1O)c1ccc(F)o1. The first-order chi connectivity index (χ1) is 10.1. The van der Waals surface area contributed by atoms with Crippen LogP contribution in [0.1, 0.15) is 23.4 Å². The molecule has 2 heterocycles. The van der Waals surface area contributed by atoms with E-state index in [1.54, 1.807) is 6.20 Å². The van der Waals surface area contributed by atoms with Gasteiger partial charge in [-0.05, 0) is 30.9 Å². The maximum absolute atomic E-state index is 12.7. The quantitative estimate of drug-likeness (QED) is 0.887. The van der Waals surface area contributed by atoms with Crippen LogP contribution in [-0.4, -0.2) is 32.9 Å². The van der Waals surface area contributed by atoms with Gasteiger partial charge in [0, 0.05) is 25.0 Å². The van der Waals surface area contributed by atoms with E-state index in [4.69, 9.17) is 0 Å².